The summed E-state index contributed by atoms with van der Waals surface area (Å²) in [5.41, 5.74) is -0.278. The van der Waals surface area contributed by atoms with Crippen LogP contribution in [0.1, 0.15) is 17.2 Å². The first-order chi connectivity index (χ1) is 11.6. The second-order valence-electron chi connectivity index (χ2n) is 5.36. The third-order valence-electron chi connectivity index (χ3n) is 3.81. The third kappa shape index (κ3) is 3.11. The van der Waals surface area contributed by atoms with Gasteiger partial charge in [-0.1, -0.05) is 0 Å². The van der Waals surface area contributed by atoms with Crippen molar-refractivity contribution in [2.75, 3.05) is 12.4 Å². The lowest BCUT2D eigenvalue weighted by molar-refractivity contribution is -0.156. The van der Waals surface area contributed by atoms with Crippen LogP contribution in [-0.2, 0) is 14.6 Å². The molecule has 25 heavy (non-hydrogen) atoms. The standard InChI is InChI=1S/C15H12F3NO4S2/c1-23-8-2-4-9(5-3-8)25(21,22)11-7-24-14-10(15(16,17)18)6-12(20)19-13(11)14/h2-5,7,10H,6H2,1H3,(H,19,20)/t10-/m1/s1. The Balaban J connectivity index is 2.10. The molecule has 0 saturated carbocycles. The zero-order valence-corrected chi connectivity index (χ0v) is 14.4. The molecule has 2 heterocycles. The first-order valence-corrected chi connectivity index (χ1v) is 9.38. The van der Waals surface area contributed by atoms with Gasteiger partial charge in [-0.15, -0.1) is 11.3 Å². The monoisotopic (exact) mass is 391 g/mol. The summed E-state index contributed by atoms with van der Waals surface area (Å²) in [5.74, 6) is -2.42. The van der Waals surface area contributed by atoms with E-state index in [0.29, 0.717) is 17.1 Å². The molecular formula is C15H12F3NO4S2. The maximum atomic E-state index is 13.2. The van der Waals surface area contributed by atoms with Crippen LogP contribution >= 0.6 is 11.3 Å². The summed E-state index contributed by atoms with van der Waals surface area (Å²) in [5, 5.41) is 3.41. The van der Waals surface area contributed by atoms with E-state index < -0.39 is 34.3 Å². The highest BCUT2D eigenvalue weighted by atomic mass is 32.2. The summed E-state index contributed by atoms with van der Waals surface area (Å²) in [4.78, 5) is 11.0. The van der Waals surface area contributed by atoms with E-state index in [0.717, 1.165) is 5.38 Å². The molecule has 0 aliphatic carbocycles. The summed E-state index contributed by atoms with van der Waals surface area (Å²) in [7, 11) is -2.66. The van der Waals surface area contributed by atoms with Gasteiger partial charge in [-0.3, -0.25) is 4.79 Å². The minimum Gasteiger partial charge on any atom is -0.497 e. The van der Waals surface area contributed by atoms with Gasteiger partial charge < -0.3 is 10.1 Å². The fourth-order valence-corrected chi connectivity index (χ4v) is 5.45. The maximum absolute atomic E-state index is 13.2. The topological polar surface area (TPSA) is 72.5 Å². The molecule has 0 fully saturated rings. The second kappa shape index (κ2) is 6.03. The number of halogens is 3. The molecule has 10 heteroatoms. The Morgan fingerprint density at radius 1 is 1.24 bits per heavy atom. The summed E-state index contributed by atoms with van der Waals surface area (Å²) < 4.78 is 70.0. The molecule has 1 atom stereocenters. The van der Waals surface area contributed by atoms with Gasteiger partial charge in [0.25, 0.3) is 0 Å². The molecule has 0 spiro atoms. The number of fused-ring (bicyclic) bond motifs is 1. The van der Waals surface area contributed by atoms with E-state index in [1.165, 1.54) is 31.4 Å². The predicted octanol–water partition coefficient (Wildman–Crippen LogP) is 3.58. The first kappa shape index (κ1) is 17.7. The molecule has 0 bridgehead atoms. The zero-order valence-electron chi connectivity index (χ0n) is 12.8. The average Bonchev–Trinajstić information content (AvgIpc) is 2.97. The van der Waals surface area contributed by atoms with Crippen molar-refractivity contribution in [1.82, 2.24) is 0 Å². The SMILES string of the molecule is COc1ccc(S(=O)(=O)c2csc3c2NC(=O)C[C@H]3C(F)(F)F)cc1. The Morgan fingerprint density at radius 2 is 1.88 bits per heavy atom. The van der Waals surface area contributed by atoms with Gasteiger partial charge in [-0.2, -0.15) is 13.2 Å². The number of hydrogen-bond donors (Lipinski definition) is 1. The van der Waals surface area contributed by atoms with Crippen LogP contribution < -0.4 is 10.1 Å². The molecule has 1 amide bonds. The van der Waals surface area contributed by atoms with Gasteiger partial charge >= 0.3 is 6.18 Å². The van der Waals surface area contributed by atoms with Crippen molar-refractivity contribution in [3.8, 4) is 5.75 Å². The summed E-state index contributed by atoms with van der Waals surface area (Å²) in [6, 6.07) is 5.46. The normalized spacial score (nSPS) is 17.8. The zero-order chi connectivity index (χ0) is 18.4. The molecule has 0 radical (unpaired) electrons. The average molecular weight is 391 g/mol. The van der Waals surface area contributed by atoms with Gasteiger partial charge in [-0.05, 0) is 24.3 Å². The van der Waals surface area contributed by atoms with E-state index in [9.17, 15) is 26.4 Å². The lowest BCUT2D eigenvalue weighted by Gasteiger charge is -2.25. The fraction of sp³-hybridized carbons (Fsp3) is 0.267. The first-order valence-electron chi connectivity index (χ1n) is 7.01. The fourth-order valence-electron chi connectivity index (χ4n) is 2.55. The van der Waals surface area contributed by atoms with Gasteiger partial charge in [-0.25, -0.2) is 8.42 Å². The quantitative estimate of drug-likeness (QED) is 0.868. The van der Waals surface area contributed by atoms with Crippen LogP contribution in [0.25, 0.3) is 0 Å². The Bertz CT molecular complexity index is 917. The summed E-state index contributed by atoms with van der Waals surface area (Å²) >= 11 is 0.680. The minimum atomic E-state index is -4.63. The smallest absolute Gasteiger partial charge is 0.397 e. The van der Waals surface area contributed by atoms with E-state index in [1.807, 2.05) is 0 Å². The van der Waals surface area contributed by atoms with E-state index in [1.54, 1.807) is 0 Å². The van der Waals surface area contributed by atoms with E-state index in [2.05, 4.69) is 5.32 Å². The number of anilines is 1. The van der Waals surface area contributed by atoms with Crippen LogP contribution in [0, 0.1) is 0 Å². The molecule has 1 aliphatic heterocycles. The Hall–Kier alpha value is -2.07. The molecule has 134 valence electrons. The number of sulfone groups is 1. The van der Waals surface area contributed by atoms with Gasteiger partial charge in [0, 0.05) is 16.7 Å². The Kier molecular flexibility index (Phi) is 4.28. The highest BCUT2D eigenvalue weighted by molar-refractivity contribution is 7.91. The van der Waals surface area contributed by atoms with E-state index in [-0.39, 0.29) is 20.4 Å². The summed E-state index contributed by atoms with van der Waals surface area (Å²) in [6.07, 6.45) is -5.38. The lowest BCUT2D eigenvalue weighted by atomic mass is 9.98. The minimum absolute atomic E-state index is 0.0997. The van der Waals surface area contributed by atoms with Crippen LogP contribution in [0.2, 0.25) is 0 Å². The second-order valence-corrected chi connectivity index (χ2v) is 8.19. The molecule has 3 rings (SSSR count). The molecule has 2 aromatic rings. The van der Waals surface area contributed by atoms with Crippen LogP contribution in [-0.4, -0.2) is 27.6 Å². The Labute approximate surface area is 145 Å². The molecule has 1 aliphatic rings. The van der Waals surface area contributed by atoms with Crippen molar-refractivity contribution in [1.29, 1.82) is 0 Å². The lowest BCUT2D eigenvalue weighted by Crippen LogP contribution is -2.31. The van der Waals surface area contributed by atoms with Gasteiger partial charge in [0.1, 0.15) is 16.6 Å². The van der Waals surface area contributed by atoms with Crippen molar-refractivity contribution < 1.29 is 31.1 Å². The largest absolute Gasteiger partial charge is 0.497 e. The number of amides is 1. The number of thiophene rings is 1. The molecule has 0 saturated heterocycles. The number of carbonyl (C=O) groups is 1. The highest BCUT2D eigenvalue weighted by Gasteiger charge is 2.47. The number of nitrogens with one attached hydrogen (secondary N) is 1. The van der Waals surface area contributed by atoms with Gasteiger partial charge in [0.2, 0.25) is 15.7 Å². The van der Waals surface area contributed by atoms with Gasteiger partial charge in [0.05, 0.1) is 17.7 Å². The van der Waals surface area contributed by atoms with Crippen molar-refractivity contribution in [2.45, 2.75) is 28.3 Å². The number of benzene rings is 1. The van der Waals surface area contributed by atoms with Crippen molar-refractivity contribution in [3.63, 3.8) is 0 Å². The number of ether oxygens (including phenoxy) is 1. The number of methoxy groups -OCH3 is 1. The number of carbonyl (C=O) groups excluding carboxylic acids is 1. The third-order valence-corrected chi connectivity index (χ3v) is 6.85. The van der Waals surface area contributed by atoms with Crippen LogP contribution in [0.4, 0.5) is 18.9 Å². The van der Waals surface area contributed by atoms with Gasteiger partial charge in [0.15, 0.2) is 0 Å². The van der Waals surface area contributed by atoms with E-state index in [4.69, 9.17) is 4.74 Å². The highest BCUT2D eigenvalue weighted by Crippen LogP contribution is 2.49. The predicted molar refractivity (Wildman–Crippen MR) is 84.8 cm³/mol. The van der Waals surface area contributed by atoms with Crippen LogP contribution in [0.3, 0.4) is 0 Å². The van der Waals surface area contributed by atoms with Crippen molar-refractivity contribution in [2.24, 2.45) is 0 Å². The van der Waals surface area contributed by atoms with Crippen molar-refractivity contribution in [3.05, 3.63) is 34.5 Å². The summed E-state index contributed by atoms with van der Waals surface area (Å²) in [6.45, 7) is 0. The molecule has 1 aromatic heterocycles. The molecule has 1 N–H and O–H groups in total. The maximum Gasteiger partial charge on any atom is 0.397 e. The van der Waals surface area contributed by atoms with Crippen LogP contribution in [0.5, 0.6) is 5.75 Å². The number of rotatable bonds is 3. The molecular weight excluding hydrogens is 379 g/mol. The Morgan fingerprint density at radius 3 is 2.44 bits per heavy atom. The number of hydrogen-bond acceptors (Lipinski definition) is 5. The van der Waals surface area contributed by atoms with E-state index >= 15 is 0 Å². The van der Waals surface area contributed by atoms with Crippen molar-refractivity contribution >= 4 is 32.8 Å². The molecule has 1 aromatic carbocycles. The molecule has 0 unspecified atom stereocenters. The number of alkyl halides is 3. The molecule has 5 nitrogen and oxygen atoms in total. The van der Waals surface area contributed by atoms with Crippen LogP contribution in [0.15, 0.2) is 39.4 Å².